The SMILES string of the molecule is Cc1ncc(NC(=O)c2n[nH]c3ccc(-c4cncc(NC(=O)C5CC5)c4)cc23)cn1. The third-order valence-electron chi connectivity index (χ3n) is 5.10. The van der Waals surface area contributed by atoms with Gasteiger partial charge in [-0.05, 0) is 43.5 Å². The van der Waals surface area contributed by atoms with Gasteiger partial charge in [0.05, 0.1) is 35.5 Å². The summed E-state index contributed by atoms with van der Waals surface area (Å²) in [6, 6.07) is 7.53. The first-order valence-electron chi connectivity index (χ1n) is 9.91. The minimum atomic E-state index is -0.362. The van der Waals surface area contributed by atoms with Crippen LogP contribution in [0.1, 0.15) is 29.2 Å². The lowest BCUT2D eigenvalue weighted by molar-refractivity contribution is -0.117. The van der Waals surface area contributed by atoms with E-state index in [1.54, 1.807) is 31.7 Å². The van der Waals surface area contributed by atoms with Gasteiger partial charge in [0.2, 0.25) is 5.91 Å². The van der Waals surface area contributed by atoms with Crippen LogP contribution in [0.15, 0.2) is 49.1 Å². The summed E-state index contributed by atoms with van der Waals surface area (Å²) >= 11 is 0. The van der Waals surface area contributed by atoms with Crippen LogP contribution in [0.3, 0.4) is 0 Å². The summed E-state index contributed by atoms with van der Waals surface area (Å²) < 4.78 is 0. The maximum Gasteiger partial charge on any atom is 0.276 e. The Morgan fingerprint density at radius 3 is 2.55 bits per heavy atom. The molecule has 1 aliphatic rings. The summed E-state index contributed by atoms with van der Waals surface area (Å²) in [5, 5.41) is 13.4. The van der Waals surface area contributed by atoms with Gasteiger partial charge in [0.1, 0.15) is 5.82 Å². The van der Waals surface area contributed by atoms with E-state index in [4.69, 9.17) is 0 Å². The van der Waals surface area contributed by atoms with Crippen molar-refractivity contribution in [2.75, 3.05) is 10.6 Å². The second-order valence-electron chi connectivity index (χ2n) is 7.53. The molecule has 1 aromatic carbocycles. The molecular weight excluding hydrogens is 394 g/mol. The Morgan fingerprint density at radius 1 is 0.968 bits per heavy atom. The number of anilines is 2. The van der Waals surface area contributed by atoms with Gasteiger partial charge >= 0.3 is 0 Å². The molecule has 1 aliphatic carbocycles. The van der Waals surface area contributed by atoms with Gasteiger partial charge in [-0.25, -0.2) is 9.97 Å². The molecule has 1 saturated carbocycles. The summed E-state index contributed by atoms with van der Waals surface area (Å²) in [6.45, 7) is 1.77. The first-order valence-corrected chi connectivity index (χ1v) is 9.91. The molecule has 0 bridgehead atoms. The molecule has 3 N–H and O–H groups in total. The standard InChI is InChI=1S/C22H19N7O2/c1-12-24-10-17(11-25-12)27-22(31)20-18-7-14(4-5-19(18)28-29-20)15-6-16(9-23-8-15)26-21(30)13-2-3-13/h4-11,13H,2-3H2,1H3,(H,26,30)(H,27,31)(H,28,29). The lowest BCUT2D eigenvalue weighted by Crippen LogP contribution is -2.13. The normalized spacial score (nSPS) is 13.2. The largest absolute Gasteiger partial charge is 0.324 e. The van der Waals surface area contributed by atoms with Crippen LogP contribution in [-0.2, 0) is 4.79 Å². The second-order valence-corrected chi connectivity index (χ2v) is 7.53. The summed E-state index contributed by atoms with van der Waals surface area (Å²) in [6.07, 6.45) is 8.33. The number of carbonyl (C=O) groups is 2. The number of hydrogen-bond acceptors (Lipinski definition) is 6. The average molecular weight is 413 g/mol. The Kier molecular flexibility index (Phi) is 4.62. The van der Waals surface area contributed by atoms with E-state index in [-0.39, 0.29) is 23.4 Å². The number of aromatic nitrogens is 5. The molecule has 3 heterocycles. The molecule has 9 nitrogen and oxygen atoms in total. The zero-order chi connectivity index (χ0) is 21.4. The summed E-state index contributed by atoms with van der Waals surface area (Å²) in [5.74, 6) is 0.408. The second kappa shape index (κ2) is 7.60. The molecule has 154 valence electrons. The van der Waals surface area contributed by atoms with Gasteiger partial charge in [0.15, 0.2) is 5.69 Å². The fraction of sp³-hybridized carbons (Fsp3) is 0.182. The van der Waals surface area contributed by atoms with Gasteiger partial charge in [0.25, 0.3) is 5.91 Å². The summed E-state index contributed by atoms with van der Waals surface area (Å²) in [4.78, 5) is 37.2. The number of carbonyl (C=O) groups excluding carboxylic acids is 2. The molecule has 4 aromatic rings. The maximum atomic E-state index is 12.8. The van der Waals surface area contributed by atoms with E-state index in [0.29, 0.717) is 22.6 Å². The van der Waals surface area contributed by atoms with Crippen LogP contribution in [0.2, 0.25) is 0 Å². The molecule has 0 aliphatic heterocycles. The molecule has 9 heteroatoms. The number of aryl methyl sites for hydroxylation is 1. The van der Waals surface area contributed by atoms with E-state index in [0.717, 1.165) is 29.5 Å². The van der Waals surface area contributed by atoms with Crippen molar-refractivity contribution in [1.29, 1.82) is 0 Å². The van der Waals surface area contributed by atoms with Crippen molar-refractivity contribution >= 4 is 34.1 Å². The van der Waals surface area contributed by atoms with Crippen molar-refractivity contribution in [3.8, 4) is 11.1 Å². The highest BCUT2D eigenvalue weighted by molar-refractivity contribution is 6.11. The number of nitrogens with one attached hydrogen (secondary N) is 3. The van der Waals surface area contributed by atoms with Gasteiger partial charge in [-0.2, -0.15) is 5.10 Å². The average Bonchev–Trinajstić information content (AvgIpc) is 3.54. The topological polar surface area (TPSA) is 126 Å². The Balaban J connectivity index is 1.43. The fourth-order valence-electron chi connectivity index (χ4n) is 3.27. The van der Waals surface area contributed by atoms with E-state index in [1.807, 2.05) is 24.3 Å². The fourth-order valence-corrected chi connectivity index (χ4v) is 3.27. The summed E-state index contributed by atoms with van der Waals surface area (Å²) in [5.41, 5.74) is 3.83. The number of aromatic amines is 1. The van der Waals surface area contributed by atoms with Crippen LogP contribution in [0.25, 0.3) is 22.0 Å². The van der Waals surface area contributed by atoms with Crippen molar-refractivity contribution in [3.05, 3.63) is 60.6 Å². The lowest BCUT2D eigenvalue weighted by Gasteiger charge is -2.07. The maximum absolute atomic E-state index is 12.8. The van der Waals surface area contributed by atoms with Crippen molar-refractivity contribution < 1.29 is 9.59 Å². The molecule has 0 atom stereocenters. The Bertz CT molecular complexity index is 1290. The van der Waals surface area contributed by atoms with Gasteiger partial charge < -0.3 is 10.6 Å². The quantitative estimate of drug-likeness (QED) is 0.461. The van der Waals surface area contributed by atoms with Gasteiger partial charge in [-0.1, -0.05) is 6.07 Å². The van der Waals surface area contributed by atoms with Crippen molar-refractivity contribution in [2.45, 2.75) is 19.8 Å². The summed E-state index contributed by atoms with van der Waals surface area (Å²) in [7, 11) is 0. The molecule has 0 radical (unpaired) electrons. The number of pyridine rings is 1. The third-order valence-corrected chi connectivity index (χ3v) is 5.10. The van der Waals surface area contributed by atoms with Gasteiger partial charge in [0, 0.05) is 23.1 Å². The first-order chi connectivity index (χ1) is 15.1. The minimum absolute atomic E-state index is 0.0308. The van der Waals surface area contributed by atoms with Crippen LogP contribution in [0.5, 0.6) is 0 Å². The predicted molar refractivity (Wildman–Crippen MR) is 115 cm³/mol. The molecule has 0 unspecified atom stereocenters. The van der Waals surface area contributed by atoms with E-state index in [9.17, 15) is 9.59 Å². The number of nitrogens with zero attached hydrogens (tertiary/aromatic N) is 4. The third kappa shape index (κ3) is 3.97. The van der Waals surface area contributed by atoms with Gasteiger partial charge in [-0.15, -0.1) is 0 Å². The molecular formula is C22H19N7O2. The molecule has 0 spiro atoms. The highest BCUT2D eigenvalue weighted by atomic mass is 16.2. The molecule has 5 rings (SSSR count). The van der Waals surface area contributed by atoms with Crippen molar-refractivity contribution in [3.63, 3.8) is 0 Å². The number of benzene rings is 1. The molecule has 1 fully saturated rings. The smallest absolute Gasteiger partial charge is 0.276 e. The minimum Gasteiger partial charge on any atom is -0.324 e. The highest BCUT2D eigenvalue weighted by Crippen LogP contribution is 2.31. The molecule has 3 aromatic heterocycles. The van der Waals surface area contributed by atoms with Crippen LogP contribution in [0, 0.1) is 12.8 Å². The van der Waals surface area contributed by atoms with E-state index in [2.05, 4.69) is 35.8 Å². The van der Waals surface area contributed by atoms with Crippen LogP contribution < -0.4 is 10.6 Å². The van der Waals surface area contributed by atoms with Crippen LogP contribution in [-0.4, -0.2) is 37.0 Å². The molecule has 0 saturated heterocycles. The van der Waals surface area contributed by atoms with Crippen molar-refractivity contribution in [2.24, 2.45) is 5.92 Å². The van der Waals surface area contributed by atoms with E-state index in [1.165, 1.54) is 0 Å². The molecule has 2 amide bonds. The number of fused-ring (bicyclic) bond motifs is 1. The molecule has 31 heavy (non-hydrogen) atoms. The Morgan fingerprint density at radius 2 is 1.77 bits per heavy atom. The number of rotatable bonds is 5. The van der Waals surface area contributed by atoms with Crippen molar-refractivity contribution in [1.82, 2.24) is 25.1 Å². The Labute approximate surface area is 177 Å². The van der Waals surface area contributed by atoms with E-state index < -0.39 is 0 Å². The predicted octanol–water partition coefficient (Wildman–Crippen LogP) is 3.32. The number of hydrogen-bond donors (Lipinski definition) is 3. The monoisotopic (exact) mass is 413 g/mol. The first kappa shape index (κ1) is 18.9. The van der Waals surface area contributed by atoms with E-state index >= 15 is 0 Å². The highest BCUT2D eigenvalue weighted by Gasteiger charge is 2.29. The van der Waals surface area contributed by atoms with Crippen LogP contribution >= 0.6 is 0 Å². The van der Waals surface area contributed by atoms with Gasteiger partial charge in [-0.3, -0.25) is 19.7 Å². The van der Waals surface area contributed by atoms with Crippen LogP contribution in [0.4, 0.5) is 11.4 Å². The zero-order valence-corrected chi connectivity index (χ0v) is 16.7. The zero-order valence-electron chi connectivity index (χ0n) is 16.7. The Hall–Kier alpha value is -4.14. The number of amides is 2. The lowest BCUT2D eigenvalue weighted by atomic mass is 10.0. The number of H-pyrrole nitrogens is 1.